The van der Waals surface area contributed by atoms with Crippen LogP contribution in [0.3, 0.4) is 0 Å². The molecule has 0 aliphatic heterocycles. The van der Waals surface area contributed by atoms with Crippen molar-refractivity contribution in [3.8, 4) is 0 Å². The minimum atomic E-state index is -0.305. The number of hydrogen-bond acceptors (Lipinski definition) is 5. The molecule has 0 spiro atoms. The second kappa shape index (κ2) is 12.1. The molecular weight excluding hydrogens is 418 g/mol. The average Bonchev–Trinajstić information content (AvgIpc) is 2.81. The first-order valence-electron chi connectivity index (χ1n) is 10.4. The SMILES string of the molecule is CC(=N)CNC(=O)c1cccc(N(C(C)=O)c2ccc(Cn3ccccc3=O)cc2)c1.CN. The van der Waals surface area contributed by atoms with Crippen LogP contribution in [0.2, 0.25) is 0 Å². The van der Waals surface area contributed by atoms with E-state index in [0.29, 0.717) is 29.2 Å². The number of aromatic nitrogens is 1. The lowest BCUT2D eigenvalue weighted by Gasteiger charge is -2.22. The molecule has 0 atom stereocenters. The van der Waals surface area contributed by atoms with Gasteiger partial charge in [-0.2, -0.15) is 0 Å². The molecule has 0 fully saturated rings. The molecule has 8 heteroatoms. The highest BCUT2D eigenvalue weighted by molar-refractivity contribution is 6.02. The van der Waals surface area contributed by atoms with E-state index < -0.39 is 0 Å². The van der Waals surface area contributed by atoms with Crippen LogP contribution in [0.5, 0.6) is 0 Å². The van der Waals surface area contributed by atoms with Crippen molar-refractivity contribution in [1.82, 2.24) is 9.88 Å². The molecule has 3 rings (SSSR count). The smallest absolute Gasteiger partial charge is 0.251 e. The standard InChI is InChI=1S/C24H24N4O3.CH5N/c1-17(25)15-26-24(31)20-6-5-7-22(14-20)28(18(2)29)21-11-9-19(10-12-21)16-27-13-4-3-8-23(27)30;1-2/h3-14,25H,15-16H2,1-2H3,(H,26,31);2H2,1H3. The van der Waals surface area contributed by atoms with Crippen LogP contribution in [0, 0.1) is 5.41 Å². The maximum Gasteiger partial charge on any atom is 0.251 e. The summed E-state index contributed by atoms with van der Waals surface area (Å²) in [7, 11) is 1.50. The van der Waals surface area contributed by atoms with Gasteiger partial charge in [0.1, 0.15) is 0 Å². The van der Waals surface area contributed by atoms with Crippen molar-refractivity contribution in [2.75, 3.05) is 18.5 Å². The Balaban J connectivity index is 0.00000187. The number of carbonyl (C=O) groups excluding carboxylic acids is 2. The summed E-state index contributed by atoms with van der Waals surface area (Å²) in [6.45, 7) is 3.68. The van der Waals surface area contributed by atoms with Crippen molar-refractivity contribution in [3.05, 3.63) is 94.4 Å². The fraction of sp³-hybridized carbons (Fsp3) is 0.200. The molecule has 0 saturated heterocycles. The highest BCUT2D eigenvalue weighted by Gasteiger charge is 2.16. The molecule has 2 aromatic carbocycles. The zero-order valence-electron chi connectivity index (χ0n) is 19.0. The van der Waals surface area contributed by atoms with Crippen molar-refractivity contribution in [1.29, 1.82) is 5.41 Å². The van der Waals surface area contributed by atoms with Gasteiger partial charge in [0.15, 0.2) is 0 Å². The van der Waals surface area contributed by atoms with Crippen molar-refractivity contribution >= 4 is 28.9 Å². The van der Waals surface area contributed by atoms with Gasteiger partial charge in [0.05, 0.1) is 13.1 Å². The lowest BCUT2D eigenvalue weighted by atomic mass is 10.1. The minimum absolute atomic E-state index is 0.0785. The highest BCUT2D eigenvalue weighted by Crippen LogP contribution is 2.27. The normalized spacial score (nSPS) is 9.94. The molecule has 33 heavy (non-hydrogen) atoms. The third-order valence-electron chi connectivity index (χ3n) is 4.64. The van der Waals surface area contributed by atoms with Crippen molar-refractivity contribution in [2.24, 2.45) is 5.73 Å². The van der Waals surface area contributed by atoms with E-state index in [1.807, 2.05) is 24.3 Å². The number of nitrogens with zero attached hydrogens (tertiary/aromatic N) is 2. The van der Waals surface area contributed by atoms with Crippen molar-refractivity contribution < 1.29 is 9.59 Å². The van der Waals surface area contributed by atoms with E-state index in [4.69, 9.17) is 5.41 Å². The quantitative estimate of drug-likeness (QED) is 0.482. The third kappa shape index (κ3) is 6.98. The minimum Gasteiger partial charge on any atom is -0.347 e. The molecule has 4 N–H and O–H groups in total. The second-order valence-electron chi connectivity index (χ2n) is 7.20. The summed E-state index contributed by atoms with van der Waals surface area (Å²) < 4.78 is 1.61. The van der Waals surface area contributed by atoms with Gasteiger partial charge in [-0.3, -0.25) is 19.3 Å². The number of benzene rings is 2. The number of nitrogens with one attached hydrogen (secondary N) is 2. The van der Waals surface area contributed by atoms with Crippen LogP contribution in [0.25, 0.3) is 0 Å². The zero-order valence-corrected chi connectivity index (χ0v) is 19.0. The molecule has 0 unspecified atom stereocenters. The number of pyridine rings is 1. The monoisotopic (exact) mass is 447 g/mol. The fourth-order valence-corrected chi connectivity index (χ4v) is 3.15. The van der Waals surface area contributed by atoms with Gasteiger partial charge in [-0.25, -0.2) is 0 Å². The van der Waals surface area contributed by atoms with Crippen LogP contribution >= 0.6 is 0 Å². The second-order valence-corrected chi connectivity index (χ2v) is 7.20. The van der Waals surface area contributed by atoms with Crippen LogP contribution in [0.4, 0.5) is 11.4 Å². The predicted molar refractivity (Wildman–Crippen MR) is 131 cm³/mol. The Morgan fingerprint density at radius 2 is 1.67 bits per heavy atom. The predicted octanol–water partition coefficient (Wildman–Crippen LogP) is 2.93. The average molecular weight is 448 g/mol. The van der Waals surface area contributed by atoms with Gasteiger partial charge < -0.3 is 21.0 Å². The van der Waals surface area contributed by atoms with Gasteiger partial charge in [0, 0.05) is 41.8 Å². The Labute approximate surface area is 193 Å². The van der Waals surface area contributed by atoms with E-state index >= 15 is 0 Å². The maximum atomic E-state index is 12.4. The third-order valence-corrected chi connectivity index (χ3v) is 4.64. The summed E-state index contributed by atoms with van der Waals surface area (Å²) >= 11 is 0. The van der Waals surface area contributed by atoms with Crippen LogP contribution in [0.15, 0.2) is 77.7 Å². The first-order valence-corrected chi connectivity index (χ1v) is 10.4. The molecule has 1 heterocycles. The lowest BCUT2D eigenvalue weighted by molar-refractivity contribution is -0.115. The molecule has 172 valence electrons. The molecule has 0 bridgehead atoms. The molecular formula is C25H29N5O3. The highest BCUT2D eigenvalue weighted by atomic mass is 16.2. The van der Waals surface area contributed by atoms with Gasteiger partial charge in [0.25, 0.3) is 11.5 Å². The molecule has 0 aliphatic carbocycles. The summed E-state index contributed by atoms with van der Waals surface area (Å²) in [6.07, 6.45) is 1.73. The van der Waals surface area contributed by atoms with E-state index in [1.54, 1.807) is 54.1 Å². The van der Waals surface area contributed by atoms with Gasteiger partial charge in [-0.15, -0.1) is 0 Å². The Morgan fingerprint density at radius 3 is 2.27 bits per heavy atom. The van der Waals surface area contributed by atoms with Crippen molar-refractivity contribution in [2.45, 2.75) is 20.4 Å². The van der Waals surface area contributed by atoms with Crippen LogP contribution in [-0.4, -0.2) is 35.7 Å². The Bertz CT molecular complexity index is 1170. The topological polar surface area (TPSA) is 121 Å². The Hall–Kier alpha value is -4.04. The van der Waals surface area contributed by atoms with E-state index in [9.17, 15) is 14.4 Å². The van der Waals surface area contributed by atoms with E-state index in [-0.39, 0.29) is 23.9 Å². The Morgan fingerprint density at radius 1 is 0.970 bits per heavy atom. The maximum absolute atomic E-state index is 12.4. The summed E-state index contributed by atoms with van der Waals surface area (Å²) in [5.74, 6) is -0.500. The first kappa shape index (κ1) is 25.2. The number of amides is 2. The molecule has 0 radical (unpaired) electrons. The first-order chi connectivity index (χ1) is 15.8. The molecule has 1 aromatic heterocycles. The van der Waals surface area contributed by atoms with Gasteiger partial charge >= 0.3 is 0 Å². The largest absolute Gasteiger partial charge is 0.347 e. The summed E-state index contributed by atoms with van der Waals surface area (Å²) in [6, 6.07) is 19.2. The van der Waals surface area contributed by atoms with Gasteiger partial charge in [0.2, 0.25) is 5.91 Å². The molecule has 0 saturated carbocycles. The zero-order chi connectivity index (χ0) is 24.4. The van der Waals surface area contributed by atoms with Crippen molar-refractivity contribution in [3.63, 3.8) is 0 Å². The summed E-state index contributed by atoms with van der Waals surface area (Å²) in [5.41, 5.74) is 7.34. The Kier molecular flexibility index (Phi) is 9.26. The van der Waals surface area contributed by atoms with Gasteiger partial charge in [-0.05, 0) is 55.9 Å². The van der Waals surface area contributed by atoms with Crippen LogP contribution in [-0.2, 0) is 11.3 Å². The number of hydrogen-bond donors (Lipinski definition) is 3. The van der Waals surface area contributed by atoms with E-state index in [2.05, 4.69) is 11.1 Å². The molecule has 0 aliphatic rings. The summed E-state index contributed by atoms with van der Waals surface area (Å²) in [5, 5.41) is 10.1. The molecule has 3 aromatic rings. The number of nitrogens with two attached hydrogens (primary N) is 1. The van der Waals surface area contributed by atoms with Crippen LogP contribution < -0.4 is 21.5 Å². The molecule has 2 amide bonds. The van der Waals surface area contributed by atoms with Crippen LogP contribution in [0.1, 0.15) is 29.8 Å². The van der Waals surface area contributed by atoms with E-state index in [1.165, 1.54) is 24.9 Å². The van der Waals surface area contributed by atoms with Gasteiger partial charge in [-0.1, -0.05) is 24.3 Å². The van der Waals surface area contributed by atoms with E-state index in [0.717, 1.165) is 5.56 Å². The number of carbonyl (C=O) groups is 2. The fourth-order valence-electron chi connectivity index (χ4n) is 3.15. The number of anilines is 2. The number of rotatable bonds is 7. The molecule has 8 nitrogen and oxygen atoms in total. The summed E-state index contributed by atoms with van der Waals surface area (Å²) in [4.78, 5) is 38.2. The lowest BCUT2D eigenvalue weighted by Crippen LogP contribution is -2.28.